The van der Waals surface area contributed by atoms with Crippen LogP contribution in [0.2, 0.25) is 0 Å². The first-order valence-electron chi connectivity index (χ1n) is 8.96. The van der Waals surface area contributed by atoms with Crippen molar-refractivity contribution in [2.24, 2.45) is 4.40 Å². The van der Waals surface area contributed by atoms with E-state index in [4.69, 9.17) is 0 Å². The van der Waals surface area contributed by atoms with Crippen LogP contribution in [-0.4, -0.2) is 45.6 Å². The highest BCUT2D eigenvalue weighted by Gasteiger charge is 2.34. The third-order valence-corrected chi connectivity index (χ3v) is 5.12. The lowest BCUT2D eigenvalue weighted by Gasteiger charge is -2.14. The van der Waals surface area contributed by atoms with Gasteiger partial charge in [-0.15, -0.1) is 0 Å². The molecule has 0 fully saturated rings. The molecule has 3 aromatic rings. The van der Waals surface area contributed by atoms with E-state index in [1.165, 1.54) is 12.1 Å². The van der Waals surface area contributed by atoms with E-state index in [-0.39, 0.29) is 17.3 Å². The van der Waals surface area contributed by atoms with Gasteiger partial charge < -0.3 is 5.32 Å². The zero-order valence-corrected chi connectivity index (χ0v) is 17.2. The maximum atomic E-state index is 13.1. The van der Waals surface area contributed by atoms with Crippen LogP contribution in [0.5, 0.6) is 0 Å². The van der Waals surface area contributed by atoms with Gasteiger partial charge in [0.15, 0.2) is 5.82 Å². The van der Waals surface area contributed by atoms with Crippen molar-refractivity contribution >= 4 is 33.9 Å². The quantitative estimate of drug-likeness (QED) is 0.533. The van der Waals surface area contributed by atoms with Crippen molar-refractivity contribution < 1.29 is 34.8 Å². The average molecular weight is 504 g/mol. The summed E-state index contributed by atoms with van der Waals surface area (Å²) in [6, 6.07) is 4.78. The average Bonchev–Trinajstić information content (AvgIpc) is 3.12. The summed E-state index contributed by atoms with van der Waals surface area (Å²) in [6.45, 7) is 0. The van der Waals surface area contributed by atoms with E-state index in [0.717, 1.165) is 29.6 Å². The highest BCUT2D eigenvalue weighted by atomic mass is 32.2. The molecule has 34 heavy (non-hydrogen) atoms. The second kappa shape index (κ2) is 8.15. The fourth-order valence-electron chi connectivity index (χ4n) is 2.65. The predicted octanol–water partition coefficient (Wildman–Crippen LogP) is 3.25. The highest BCUT2D eigenvalue weighted by molar-refractivity contribution is 7.90. The number of nitrogens with one attached hydrogen (secondary N) is 1. The Balaban J connectivity index is 1.78. The fourth-order valence-corrected chi connectivity index (χ4v) is 3.51. The van der Waals surface area contributed by atoms with Gasteiger partial charge in [-0.1, -0.05) is 6.07 Å². The minimum absolute atomic E-state index is 0.148. The topological polar surface area (TPSA) is 126 Å². The first kappa shape index (κ1) is 23.3. The summed E-state index contributed by atoms with van der Waals surface area (Å²) in [5.41, 5.74) is -2.95. The Hall–Kier alpha value is -3.89. The summed E-state index contributed by atoms with van der Waals surface area (Å²) >= 11 is 0. The maximum Gasteiger partial charge on any atom is 0.433 e. The van der Waals surface area contributed by atoms with Gasteiger partial charge in [-0.05, 0) is 24.3 Å². The number of nitrogens with zero attached hydrogens (tertiary/aromatic N) is 7. The minimum Gasteiger partial charge on any atom is -0.324 e. The first-order valence-corrected chi connectivity index (χ1v) is 10.6. The highest BCUT2D eigenvalue weighted by Crippen LogP contribution is 2.31. The molecule has 1 aliphatic rings. The van der Waals surface area contributed by atoms with E-state index in [1.807, 2.05) is 0 Å². The van der Waals surface area contributed by atoms with E-state index in [9.17, 15) is 34.8 Å². The Morgan fingerprint density at radius 2 is 1.65 bits per heavy atom. The number of alkyl halides is 6. The van der Waals surface area contributed by atoms with Crippen LogP contribution in [0.25, 0.3) is 11.5 Å². The van der Waals surface area contributed by atoms with Crippen molar-refractivity contribution in [2.75, 3.05) is 16.1 Å². The summed E-state index contributed by atoms with van der Waals surface area (Å²) in [6.07, 6.45) is -7.75. The lowest BCUT2D eigenvalue weighted by molar-refractivity contribution is -0.141. The molecule has 4 rings (SSSR count). The number of hydrogen-bond acceptors (Lipinski definition) is 9. The summed E-state index contributed by atoms with van der Waals surface area (Å²) in [4.78, 5) is 19.5. The standard InChI is InChI=1S/C17H10F6N8O2S/c18-16(19,20)11-3-1-2-10(27-11)13-28-14(26-9-4-5-24-12(6-9)17(21,22)23)30-15(29-13)31-7-25-34(32,33)8-31/h1-7H,8H2,(H,24,26,28,29,30). The molecule has 4 heterocycles. The number of sulfonamides is 1. The van der Waals surface area contributed by atoms with Gasteiger partial charge in [0.2, 0.25) is 11.9 Å². The van der Waals surface area contributed by atoms with Crippen LogP contribution in [0, 0.1) is 0 Å². The third kappa shape index (κ3) is 5.19. The molecule has 0 amide bonds. The predicted molar refractivity (Wildman–Crippen MR) is 105 cm³/mol. The van der Waals surface area contributed by atoms with Crippen LogP contribution in [0.3, 0.4) is 0 Å². The molecule has 0 aromatic carbocycles. The SMILES string of the molecule is O=S1(=O)CN(c2nc(Nc3ccnc(C(F)(F)F)c3)nc(-c3cccc(C(F)(F)F)n3)n2)C=N1. The van der Waals surface area contributed by atoms with Gasteiger partial charge in [-0.2, -0.15) is 45.7 Å². The van der Waals surface area contributed by atoms with Gasteiger partial charge in [0, 0.05) is 11.9 Å². The van der Waals surface area contributed by atoms with E-state index < -0.39 is 51.4 Å². The monoisotopic (exact) mass is 504 g/mol. The van der Waals surface area contributed by atoms with E-state index in [0.29, 0.717) is 6.07 Å². The molecule has 0 spiro atoms. The number of hydrogen-bond donors (Lipinski definition) is 1. The Morgan fingerprint density at radius 3 is 2.29 bits per heavy atom. The lowest BCUT2D eigenvalue weighted by atomic mass is 10.3. The normalized spacial score (nSPS) is 15.5. The molecule has 178 valence electrons. The van der Waals surface area contributed by atoms with Crippen LogP contribution in [0.4, 0.5) is 43.9 Å². The van der Waals surface area contributed by atoms with E-state index in [1.54, 1.807) is 0 Å². The Bertz CT molecular complexity index is 1380. The third-order valence-electron chi connectivity index (χ3n) is 4.10. The van der Waals surface area contributed by atoms with Crippen LogP contribution >= 0.6 is 0 Å². The number of rotatable bonds is 4. The number of pyridine rings is 2. The molecule has 17 heteroatoms. The largest absolute Gasteiger partial charge is 0.433 e. The van der Waals surface area contributed by atoms with Crippen molar-refractivity contribution in [3.8, 4) is 11.5 Å². The molecule has 0 unspecified atom stereocenters. The van der Waals surface area contributed by atoms with Gasteiger partial charge in [-0.3, -0.25) is 9.88 Å². The fraction of sp³-hybridized carbons (Fsp3) is 0.176. The summed E-state index contributed by atoms with van der Waals surface area (Å²) in [7, 11) is -3.86. The maximum absolute atomic E-state index is 13.1. The van der Waals surface area contributed by atoms with Crippen LogP contribution in [-0.2, 0) is 22.4 Å². The van der Waals surface area contributed by atoms with Gasteiger partial charge in [0.25, 0.3) is 10.0 Å². The summed E-state index contributed by atoms with van der Waals surface area (Å²) < 4.78 is 105. The van der Waals surface area contributed by atoms with Gasteiger partial charge in [-0.25, -0.2) is 13.4 Å². The molecule has 0 aliphatic carbocycles. The van der Waals surface area contributed by atoms with Crippen LogP contribution in [0.1, 0.15) is 11.4 Å². The number of aromatic nitrogens is 5. The molecule has 1 aliphatic heterocycles. The zero-order valence-electron chi connectivity index (χ0n) is 16.4. The molecule has 0 saturated carbocycles. The van der Waals surface area contributed by atoms with Gasteiger partial charge in [0.05, 0.1) is 0 Å². The van der Waals surface area contributed by atoms with Gasteiger partial charge in [0.1, 0.15) is 29.3 Å². The molecule has 3 aromatic heterocycles. The smallest absolute Gasteiger partial charge is 0.324 e. The van der Waals surface area contributed by atoms with Crippen molar-refractivity contribution in [1.82, 2.24) is 24.9 Å². The Morgan fingerprint density at radius 1 is 0.912 bits per heavy atom. The number of anilines is 3. The molecule has 0 saturated heterocycles. The summed E-state index contributed by atoms with van der Waals surface area (Å²) in [5.74, 6) is -1.81. The summed E-state index contributed by atoms with van der Waals surface area (Å²) in [5, 5.41) is 2.48. The Kier molecular flexibility index (Phi) is 5.58. The van der Waals surface area contributed by atoms with E-state index in [2.05, 4.69) is 34.6 Å². The van der Waals surface area contributed by atoms with Crippen molar-refractivity contribution in [3.05, 3.63) is 47.9 Å². The van der Waals surface area contributed by atoms with Crippen LogP contribution < -0.4 is 10.2 Å². The minimum atomic E-state index is -4.77. The zero-order chi connectivity index (χ0) is 24.7. The first-order chi connectivity index (χ1) is 15.8. The van der Waals surface area contributed by atoms with Crippen molar-refractivity contribution in [3.63, 3.8) is 0 Å². The molecule has 0 radical (unpaired) electrons. The van der Waals surface area contributed by atoms with Crippen molar-refractivity contribution in [2.45, 2.75) is 12.4 Å². The molecule has 1 N–H and O–H groups in total. The Labute approximate surface area is 186 Å². The second-order valence-corrected chi connectivity index (χ2v) is 8.28. The molecular weight excluding hydrogens is 494 g/mol. The molecule has 10 nitrogen and oxygen atoms in total. The van der Waals surface area contributed by atoms with Crippen LogP contribution in [0.15, 0.2) is 40.9 Å². The second-order valence-electron chi connectivity index (χ2n) is 6.64. The molecular formula is C17H10F6N8O2S. The lowest BCUT2D eigenvalue weighted by Crippen LogP contribution is -2.23. The van der Waals surface area contributed by atoms with Crippen molar-refractivity contribution in [1.29, 1.82) is 0 Å². The van der Waals surface area contributed by atoms with E-state index >= 15 is 0 Å². The van der Waals surface area contributed by atoms with Gasteiger partial charge >= 0.3 is 12.4 Å². The molecule has 0 atom stereocenters. The number of halogens is 6. The molecule has 0 bridgehead atoms.